The summed E-state index contributed by atoms with van der Waals surface area (Å²) in [5.41, 5.74) is 6.15. The molecule has 6 nitrogen and oxygen atoms in total. The first kappa shape index (κ1) is 18.1. The summed E-state index contributed by atoms with van der Waals surface area (Å²) in [6.07, 6.45) is 7.40. The first-order chi connectivity index (χ1) is 11.4. The third-order valence-corrected chi connectivity index (χ3v) is 8.09. The van der Waals surface area contributed by atoms with Crippen molar-refractivity contribution in [3.05, 3.63) is 0 Å². The minimum absolute atomic E-state index is 0.0930. The van der Waals surface area contributed by atoms with Gasteiger partial charge in [0.1, 0.15) is 6.04 Å². The minimum Gasteiger partial charge on any atom is -0.351 e. The highest BCUT2D eigenvalue weighted by Gasteiger charge is 2.43. The van der Waals surface area contributed by atoms with E-state index in [9.17, 15) is 13.2 Å². The number of hydrogen-bond donors (Lipinski definition) is 2. The Bertz CT molecular complexity index is 551. The lowest BCUT2D eigenvalue weighted by molar-refractivity contribution is -0.126. The topological polar surface area (TPSA) is 92.5 Å². The van der Waals surface area contributed by atoms with Crippen molar-refractivity contribution in [2.75, 3.05) is 12.3 Å². The molecule has 138 valence electrons. The van der Waals surface area contributed by atoms with Gasteiger partial charge in [-0.15, -0.1) is 0 Å². The van der Waals surface area contributed by atoms with Gasteiger partial charge in [0.05, 0.1) is 5.75 Å². The average Bonchev–Trinajstić information content (AvgIpc) is 2.98. The van der Waals surface area contributed by atoms with Gasteiger partial charge in [0.2, 0.25) is 15.9 Å². The van der Waals surface area contributed by atoms with Crippen LogP contribution in [0.4, 0.5) is 0 Å². The molecule has 0 aromatic carbocycles. The van der Waals surface area contributed by atoms with Gasteiger partial charge in [-0.3, -0.25) is 4.79 Å². The maximum Gasteiger partial charge on any atom is 0.238 e. The van der Waals surface area contributed by atoms with Crippen LogP contribution in [0.5, 0.6) is 0 Å². The third-order valence-electron chi connectivity index (χ3n) is 6.01. The predicted molar refractivity (Wildman–Crippen MR) is 93.8 cm³/mol. The lowest BCUT2D eigenvalue weighted by atomic mass is 9.67. The smallest absolute Gasteiger partial charge is 0.238 e. The summed E-state index contributed by atoms with van der Waals surface area (Å²) in [4.78, 5) is 12.8. The van der Waals surface area contributed by atoms with Gasteiger partial charge in [-0.2, -0.15) is 4.31 Å². The standard InChI is InChI=1S/C17H31N3O3S/c1-2-9-24(22,23)20-8-4-7-15(20)17(21)19-16-12-5-3-6-13(16)11-14(18)10-12/h12-16H,2-11,18H2,1H3,(H,19,21). The molecule has 1 aliphatic heterocycles. The zero-order chi connectivity index (χ0) is 17.3. The highest BCUT2D eigenvalue weighted by atomic mass is 32.2. The van der Waals surface area contributed by atoms with E-state index in [1.807, 2.05) is 6.92 Å². The van der Waals surface area contributed by atoms with E-state index in [0.717, 1.165) is 32.1 Å². The molecule has 0 aromatic rings. The van der Waals surface area contributed by atoms with Crippen LogP contribution in [0.2, 0.25) is 0 Å². The van der Waals surface area contributed by atoms with Crippen molar-refractivity contribution >= 4 is 15.9 Å². The van der Waals surface area contributed by atoms with Crippen LogP contribution < -0.4 is 11.1 Å². The second kappa shape index (κ2) is 7.30. The normalized spacial score (nSPS) is 37.3. The predicted octanol–water partition coefficient (Wildman–Crippen LogP) is 1.21. The molecule has 0 aromatic heterocycles. The number of nitrogens with two attached hydrogens (primary N) is 1. The van der Waals surface area contributed by atoms with Crippen molar-refractivity contribution in [2.45, 2.75) is 76.4 Å². The van der Waals surface area contributed by atoms with Crippen LogP contribution in [0.15, 0.2) is 0 Å². The van der Waals surface area contributed by atoms with Gasteiger partial charge in [-0.1, -0.05) is 13.3 Å². The Morgan fingerprint density at radius 3 is 2.46 bits per heavy atom. The van der Waals surface area contributed by atoms with E-state index < -0.39 is 16.1 Å². The number of carbonyl (C=O) groups excluding carboxylic acids is 1. The minimum atomic E-state index is -3.32. The zero-order valence-corrected chi connectivity index (χ0v) is 15.4. The maximum absolute atomic E-state index is 12.8. The van der Waals surface area contributed by atoms with Crippen molar-refractivity contribution in [3.63, 3.8) is 0 Å². The molecule has 0 radical (unpaired) electrons. The molecule has 3 rings (SSSR count). The molecule has 1 heterocycles. The van der Waals surface area contributed by atoms with E-state index in [4.69, 9.17) is 5.73 Å². The van der Waals surface area contributed by atoms with Crippen LogP contribution in [0.3, 0.4) is 0 Å². The van der Waals surface area contributed by atoms with E-state index in [2.05, 4.69) is 5.32 Å². The Balaban J connectivity index is 1.68. The van der Waals surface area contributed by atoms with Gasteiger partial charge in [0, 0.05) is 18.6 Å². The first-order valence-corrected chi connectivity index (χ1v) is 11.1. The van der Waals surface area contributed by atoms with Gasteiger partial charge in [0.25, 0.3) is 0 Å². The fourth-order valence-corrected chi connectivity index (χ4v) is 6.74. The highest BCUT2D eigenvalue weighted by Crippen LogP contribution is 2.40. The summed E-state index contributed by atoms with van der Waals surface area (Å²) in [6, 6.07) is -0.0818. The number of rotatable bonds is 5. The van der Waals surface area contributed by atoms with Gasteiger partial charge in [-0.05, 0) is 56.8 Å². The Kier molecular flexibility index (Phi) is 5.52. The fourth-order valence-electron chi connectivity index (χ4n) is 5.00. The van der Waals surface area contributed by atoms with Gasteiger partial charge >= 0.3 is 0 Å². The SMILES string of the molecule is CCCS(=O)(=O)N1CCCC1C(=O)NC1C2CCCC1CC(N)C2. The van der Waals surface area contributed by atoms with Crippen LogP contribution in [0.1, 0.15) is 58.3 Å². The summed E-state index contributed by atoms with van der Waals surface area (Å²) in [5.74, 6) is 0.946. The van der Waals surface area contributed by atoms with E-state index in [1.165, 1.54) is 10.7 Å². The monoisotopic (exact) mass is 357 g/mol. The molecule has 1 amide bonds. The van der Waals surface area contributed by atoms with E-state index >= 15 is 0 Å². The summed E-state index contributed by atoms with van der Waals surface area (Å²) in [5, 5.41) is 3.23. The second-order valence-corrected chi connectivity index (χ2v) is 9.84. The molecule has 3 N–H and O–H groups in total. The molecular weight excluding hydrogens is 326 g/mol. The number of sulfonamides is 1. The molecule has 1 saturated heterocycles. The third kappa shape index (κ3) is 3.63. The summed E-state index contributed by atoms with van der Waals surface area (Å²) >= 11 is 0. The van der Waals surface area contributed by atoms with E-state index in [-0.39, 0.29) is 23.7 Å². The molecule has 2 aliphatic carbocycles. The molecule has 2 bridgehead atoms. The van der Waals surface area contributed by atoms with Crippen LogP contribution in [-0.2, 0) is 14.8 Å². The number of amides is 1. The molecule has 3 atom stereocenters. The van der Waals surface area contributed by atoms with Crippen molar-refractivity contribution in [1.82, 2.24) is 9.62 Å². The van der Waals surface area contributed by atoms with Gasteiger partial charge < -0.3 is 11.1 Å². The Morgan fingerprint density at radius 2 is 1.83 bits per heavy atom. The summed E-state index contributed by atoms with van der Waals surface area (Å²) < 4.78 is 26.3. The van der Waals surface area contributed by atoms with Crippen molar-refractivity contribution < 1.29 is 13.2 Å². The molecule has 7 heteroatoms. The van der Waals surface area contributed by atoms with Gasteiger partial charge in [-0.25, -0.2) is 8.42 Å². The van der Waals surface area contributed by atoms with E-state index in [0.29, 0.717) is 31.2 Å². The molecule has 0 spiro atoms. The second-order valence-electron chi connectivity index (χ2n) is 7.80. The largest absolute Gasteiger partial charge is 0.351 e. The number of fused-ring (bicyclic) bond motifs is 2. The number of hydrogen-bond acceptors (Lipinski definition) is 4. The van der Waals surface area contributed by atoms with E-state index in [1.54, 1.807) is 0 Å². The lowest BCUT2D eigenvalue weighted by Gasteiger charge is -2.45. The summed E-state index contributed by atoms with van der Waals surface area (Å²) in [7, 11) is -3.32. The Hall–Kier alpha value is -0.660. The van der Waals surface area contributed by atoms with Crippen molar-refractivity contribution in [2.24, 2.45) is 17.6 Å². The number of nitrogens with zero attached hydrogens (tertiary/aromatic N) is 1. The van der Waals surface area contributed by atoms with Crippen LogP contribution in [0, 0.1) is 11.8 Å². The summed E-state index contributed by atoms with van der Waals surface area (Å²) in [6.45, 7) is 2.33. The maximum atomic E-state index is 12.8. The van der Waals surface area contributed by atoms with Crippen LogP contribution in [-0.4, -0.2) is 49.1 Å². The van der Waals surface area contributed by atoms with Gasteiger partial charge in [0.15, 0.2) is 0 Å². The van der Waals surface area contributed by atoms with Crippen molar-refractivity contribution in [3.8, 4) is 0 Å². The van der Waals surface area contributed by atoms with Crippen molar-refractivity contribution in [1.29, 1.82) is 0 Å². The number of carbonyl (C=O) groups is 1. The molecule has 24 heavy (non-hydrogen) atoms. The lowest BCUT2D eigenvalue weighted by Crippen LogP contribution is -2.57. The van der Waals surface area contributed by atoms with Crippen LogP contribution in [0.25, 0.3) is 0 Å². The average molecular weight is 358 g/mol. The molecular formula is C17H31N3O3S. The highest BCUT2D eigenvalue weighted by molar-refractivity contribution is 7.89. The quantitative estimate of drug-likeness (QED) is 0.773. The zero-order valence-electron chi connectivity index (χ0n) is 14.6. The molecule has 3 unspecified atom stereocenters. The fraction of sp³-hybridized carbons (Fsp3) is 0.941. The number of nitrogens with one attached hydrogen (secondary N) is 1. The van der Waals surface area contributed by atoms with Crippen LogP contribution >= 0.6 is 0 Å². The molecule has 3 fully saturated rings. The molecule has 2 saturated carbocycles. The molecule has 3 aliphatic rings. The first-order valence-electron chi connectivity index (χ1n) is 9.48. The Morgan fingerprint density at radius 1 is 1.17 bits per heavy atom. The Labute approximate surface area is 145 Å².